The first-order valence-corrected chi connectivity index (χ1v) is 7.71. The Hall–Kier alpha value is -0.910. The fraction of sp³-hybridized carbons (Fsp3) is 0.846. The molecule has 5 nitrogen and oxygen atoms in total. The molecule has 0 aromatic heterocycles. The average molecular weight is 290 g/mol. The van der Waals surface area contributed by atoms with E-state index in [4.69, 9.17) is 5.11 Å². The summed E-state index contributed by atoms with van der Waals surface area (Å²) in [4.78, 5) is 22.9. The topological polar surface area (TPSA) is 78.4 Å². The van der Waals surface area contributed by atoms with E-state index in [0.29, 0.717) is 0 Å². The molecule has 19 heavy (non-hydrogen) atoms. The third kappa shape index (κ3) is 7.97. The number of hydrogen-bond acceptors (Lipinski definition) is 3. The number of rotatable bonds is 7. The van der Waals surface area contributed by atoms with Crippen LogP contribution >= 0.6 is 11.8 Å². The monoisotopic (exact) mass is 290 g/mol. The molecule has 0 aliphatic carbocycles. The molecule has 6 heteroatoms. The number of aliphatic carboxylic acids is 1. The Morgan fingerprint density at radius 1 is 1.26 bits per heavy atom. The van der Waals surface area contributed by atoms with Crippen molar-refractivity contribution in [3.63, 3.8) is 0 Å². The van der Waals surface area contributed by atoms with Crippen LogP contribution in [0.5, 0.6) is 0 Å². The SMILES string of the molecule is CCSCCC(C)NC(=O)N[C@H](C(=O)O)C(C)(C)C. The normalized spacial score (nSPS) is 14.6. The lowest BCUT2D eigenvalue weighted by Gasteiger charge is -2.28. The second-order valence-electron chi connectivity index (χ2n) is 5.64. The van der Waals surface area contributed by atoms with Crippen molar-refractivity contribution in [2.24, 2.45) is 5.41 Å². The molecule has 0 aliphatic heterocycles. The standard InChI is InChI=1S/C13H26N2O3S/c1-6-19-8-7-9(2)14-12(18)15-10(11(16)17)13(3,4)5/h9-10H,6-8H2,1-5H3,(H,16,17)(H2,14,15,18)/t9?,10-/m1/s1. The van der Waals surface area contributed by atoms with Gasteiger partial charge in [-0.25, -0.2) is 9.59 Å². The second-order valence-corrected chi connectivity index (χ2v) is 7.04. The molecule has 0 heterocycles. The Kier molecular flexibility index (Phi) is 7.90. The van der Waals surface area contributed by atoms with Crippen molar-refractivity contribution in [2.75, 3.05) is 11.5 Å². The molecule has 0 aromatic carbocycles. The minimum absolute atomic E-state index is 0.0356. The summed E-state index contributed by atoms with van der Waals surface area (Å²) in [5.41, 5.74) is -0.523. The summed E-state index contributed by atoms with van der Waals surface area (Å²) >= 11 is 1.82. The molecule has 0 saturated carbocycles. The Morgan fingerprint density at radius 2 is 1.84 bits per heavy atom. The molecule has 0 spiro atoms. The van der Waals surface area contributed by atoms with Gasteiger partial charge < -0.3 is 15.7 Å². The molecule has 0 bridgehead atoms. The number of carboxylic acid groups (broad SMARTS) is 1. The summed E-state index contributed by atoms with van der Waals surface area (Å²) in [7, 11) is 0. The summed E-state index contributed by atoms with van der Waals surface area (Å²) in [6.45, 7) is 9.37. The lowest BCUT2D eigenvalue weighted by atomic mass is 9.87. The maximum Gasteiger partial charge on any atom is 0.326 e. The third-order valence-corrected chi connectivity index (χ3v) is 3.60. The molecule has 0 rings (SSSR count). The van der Waals surface area contributed by atoms with Crippen molar-refractivity contribution in [3.8, 4) is 0 Å². The van der Waals surface area contributed by atoms with Crippen LogP contribution in [-0.4, -0.2) is 40.7 Å². The largest absolute Gasteiger partial charge is 0.480 e. The maximum atomic E-state index is 11.8. The highest BCUT2D eigenvalue weighted by Gasteiger charge is 2.32. The van der Waals surface area contributed by atoms with Crippen LogP contribution in [0.4, 0.5) is 4.79 Å². The highest BCUT2D eigenvalue weighted by molar-refractivity contribution is 7.99. The molecule has 112 valence electrons. The van der Waals surface area contributed by atoms with Crippen molar-refractivity contribution < 1.29 is 14.7 Å². The lowest BCUT2D eigenvalue weighted by molar-refractivity contribution is -0.141. The van der Waals surface area contributed by atoms with Gasteiger partial charge in [0.15, 0.2) is 0 Å². The Labute approximate surface area is 119 Å². The van der Waals surface area contributed by atoms with Crippen molar-refractivity contribution >= 4 is 23.8 Å². The van der Waals surface area contributed by atoms with E-state index in [0.717, 1.165) is 17.9 Å². The van der Waals surface area contributed by atoms with Crippen molar-refractivity contribution in [3.05, 3.63) is 0 Å². The van der Waals surface area contributed by atoms with Gasteiger partial charge in [-0.05, 0) is 30.3 Å². The van der Waals surface area contributed by atoms with Crippen molar-refractivity contribution in [1.82, 2.24) is 10.6 Å². The highest BCUT2D eigenvalue weighted by Crippen LogP contribution is 2.19. The molecule has 0 aliphatic rings. The zero-order chi connectivity index (χ0) is 15.1. The zero-order valence-electron chi connectivity index (χ0n) is 12.4. The van der Waals surface area contributed by atoms with Crippen LogP contribution in [0, 0.1) is 5.41 Å². The number of urea groups is 1. The molecule has 0 saturated heterocycles. The first-order chi connectivity index (χ1) is 8.68. The average Bonchev–Trinajstić information content (AvgIpc) is 2.24. The minimum Gasteiger partial charge on any atom is -0.480 e. The molecule has 2 amide bonds. The van der Waals surface area contributed by atoms with Gasteiger partial charge in [0.05, 0.1) is 0 Å². The Bertz CT molecular complexity index is 303. The van der Waals surface area contributed by atoms with Gasteiger partial charge in [0.1, 0.15) is 6.04 Å². The fourth-order valence-electron chi connectivity index (χ4n) is 1.52. The predicted molar refractivity (Wildman–Crippen MR) is 79.6 cm³/mol. The number of carbonyl (C=O) groups excluding carboxylic acids is 1. The number of amides is 2. The zero-order valence-corrected chi connectivity index (χ0v) is 13.3. The van der Waals surface area contributed by atoms with Crippen LogP contribution in [0.15, 0.2) is 0 Å². The molecule has 0 fully saturated rings. The predicted octanol–water partition coefficient (Wildman–Crippen LogP) is 2.32. The van der Waals surface area contributed by atoms with Crippen LogP contribution in [0.1, 0.15) is 41.0 Å². The first-order valence-electron chi connectivity index (χ1n) is 6.56. The van der Waals surface area contributed by atoms with Crippen LogP contribution in [-0.2, 0) is 4.79 Å². The van der Waals surface area contributed by atoms with Crippen LogP contribution in [0.25, 0.3) is 0 Å². The van der Waals surface area contributed by atoms with Gasteiger partial charge in [-0.1, -0.05) is 27.7 Å². The van der Waals surface area contributed by atoms with E-state index in [-0.39, 0.29) is 6.04 Å². The summed E-state index contributed by atoms with van der Waals surface area (Å²) in [6.07, 6.45) is 0.874. The van der Waals surface area contributed by atoms with E-state index in [1.54, 1.807) is 20.8 Å². The molecule has 1 unspecified atom stereocenters. The minimum atomic E-state index is -1.02. The maximum absolute atomic E-state index is 11.8. The van der Waals surface area contributed by atoms with Gasteiger partial charge in [0.25, 0.3) is 0 Å². The van der Waals surface area contributed by atoms with Gasteiger partial charge in [0, 0.05) is 6.04 Å². The summed E-state index contributed by atoms with van der Waals surface area (Å²) in [5.74, 6) is 1.03. The Balaban J connectivity index is 4.24. The van der Waals surface area contributed by atoms with E-state index < -0.39 is 23.5 Å². The third-order valence-electron chi connectivity index (χ3n) is 2.67. The number of carbonyl (C=O) groups is 2. The van der Waals surface area contributed by atoms with Crippen LogP contribution < -0.4 is 10.6 Å². The fourth-order valence-corrected chi connectivity index (χ4v) is 2.33. The van der Waals surface area contributed by atoms with Crippen LogP contribution in [0.3, 0.4) is 0 Å². The quantitative estimate of drug-likeness (QED) is 0.629. The molecule has 0 aromatic rings. The van der Waals surface area contributed by atoms with E-state index >= 15 is 0 Å². The molecule has 2 atom stereocenters. The molecular weight excluding hydrogens is 264 g/mol. The van der Waals surface area contributed by atoms with Gasteiger partial charge in [0.2, 0.25) is 0 Å². The molecule has 3 N–H and O–H groups in total. The van der Waals surface area contributed by atoms with Crippen LogP contribution in [0.2, 0.25) is 0 Å². The smallest absolute Gasteiger partial charge is 0.326 e. The van der Waals surface area contributed by atoms with Crippen molar-refractivity contribution in [1.29, 1.82) is 0 Å². The molecule has 0 radical (unpaired) electrons. The van der Waals surface area contributed by atoms with E-state index in [2.05, 4.69) is 17.6 Å². The number of nitrogens with one attached hydrogen (secondary N) is 2. The molecular formula is C13H26N2O3S. The summed E-state index contributed by atoms with van der Waals surface area (Å²) in [5, 5.41) is 14.4. The van der Waals surface area contributed by atoms with Crippen molar-refractivity contribution in [2.45, 2.75) is 53.1 Å². The van der Waals surface area contributed by atoms with Gasteiger partial charge >= 0.3 is 12.0 Å². The summed E-state index contributed by atoms with van der Waals surface area (Å²) < 4.78 is 0. The second kappa shape index (κ2) is 8.30. The van der Waals surface area contributed by atoms with Gasteiger partial charge in [-0.15, -0.1) is 0 Å². The number of thioether (sulfide) groups is 1. The highest BCUT2D eigenvalue weighted by atomic mass is 32.2. The van der Waals surface area contributed by atoms with E-state index in [9.17, 15) is 9.59 Å². The summed E-state index contributed by atoms with van der Waals surface area (Å²) in [6, 6.07) is -1.28. The van der Waals surface area contributed by atoms with Gasteiger partial charge in [-0.2, -0.15) is 11.8 Å². The van der Waals surface area contributed by atoms with E-state index in [1.807, 2.05) is 18.7 Å². The van der Waals surface area contributed by atoms with E-state index in [1.165, 1.54) is 0 Å². The lowest BCUT2D eigenvalue weighted by Crippen LogP contribution is -2.53. The number of carboxylic acids is 1. The Morgan fingerprint density at radius 3 is 2.26 bits per heavy atom. The first kappa shape index (κ1) is 18.1. The number of hydrogen-bond donors (Lipinski definition) is 3. The van der Waals surface area contributed by atoms with Gasteiger partial charge in [-0.3, -0.25) is 0 Å².